The molecule has 0 aliphatic carbocycles. The van der Waals surface area contributed by atoms with Gasteiger partial charge in [0.2, 0.25) is 0 Å². The van der Waals surface area contributed by atoms with Gasteiger partial charge in [-0.05, 0) is 38.1 Å². The van der Waals surface area contributed by atoms with Gasteiger partial charge in [-0.25, -0.2) is 9.78 Å². The van der Waals surface area contributed by atoms with E-state index >= 15 is 0 Å². The van der Waals surface area contributed by atoms with E-state index in [1.807, 2.05) is 6.07 Å². The highest BCUT2D eigenvalue weighted by Gasteiger charge is 2.22. The summed E-state index contributed by atoms with van der Waals surface area (Å²) in [5.74, 6) is 0.313. The van der Waals surface area contributed by atoms with E-state index in [2.05, 4.69) is 10.3 Å². The van der Waals surface area contributed by atoms with E-state index in [1.54, 1.807) is 22.7 Å². The van der Waals surface area contributed by atoms with Crippen molar-refractivity contribution < 1.29 is 9.90 Å². The van der Waals surface area contributed by atoms with Gasteiger partial charge >= 0.3 is 5.97 Å². The fraction of sp³-hybridized carbons (Fsp3) is 0.385. The van der Waals surface area contributed by atoms with E-state index in [0.29, 0.717) is 11.6 Å². The number of carboxylic acids is 1. The lowest BCUT2D eigenvalue weighted by atomic mass is 9.97. The fourth-order valence-electron chi connectivity index (χ4n) is 2.61. The number of hydrogen-bond donors (Lipinski definition) is 2. The predicted octanol–water partition coefficient (Wildman–Crippen LogP) is 1.50. The maximum absolute atomic E-state index is 11.3. The highest BCUT2D eigenvalue weighted by atomic mass is 16.4. The van der Waals surface area contributed by atoms with Crippen LogP contribution in [0.1, 0.15) is 35.1 Å². The van der Waals surface area contributed by atoms with Crippen molar-refractivity contribution in [2.45, 2.75) is 18.8 Å². The molecule has 2 aromatic heterocycles. The Balaban J connectivity index is 2.14. The molecule has 1 aliphatic rings. The first-order valence-corrected chi connectivity index (χ1v) is 6.18. The first-order valence-electron chi connectivity index (χ1n) is 6.18. The Morgan fingerprint density at radius 1 is 1.39 bits per heavy atom. The number of hydrogen-bond acceptors (Lipinski definition) is 3. The van der Waals surface area contributed by atoms with E-state index in [1.165, 1.54) is 0 Å². The highest BCUT2D eigenvalue weighted by Crippen LogP contribution is 2.25. The number of nitrogens with zero attached hydrogens (tertiary/aromatic N) is 2. The number of carboxylic acid groups (broad SMARTS) is 1. The van der Waals surface area contributed by atoms with Crippen LogP contribution in [0.25, 0.3) is 5.52 Å². The zero-order valence-electron chi connectivity index (χ0n) is 9.97. The molecule has 0 amide bonds. The summed E-state index contributed by atoms with van der Waals surface area (Å²) < 4.78 is 1.78. The molecule has 0 radical (unpaired) electrons. The number of aromatic carboxylic acids is 1. The van der Waals surface area contributed by atoms with E-state index in [-0.39, 0.29) is 0 Å². The monoisotopic (exact) mass is 245 g/mol. The van der Waals surface area contributed by atoms with E-state index in [0.717, 1.165) is 37.3 Å². The van der Waals surface area contributed by atoms with Crippen molar-refractivity contribution in [3.63, 3.8) is 0 Å². The summed E-state index contributed by atoms with van der Waals surface area (Å²) in [5.41, 5.74) is 1.14. The molecule has 18 heavy (non-hydrogen) atoms. The van der Waals surface area contributed by atoms with Crippen LogP contribution in [0.2, 0.25) is 0 Å². The van der Waals surface area contributed by atoms with Crippen LogP contribution in [-0.4, -0.2) is 33.6 Å². The largest absolute Gasteiger partial charge is 0.477 e. The Kier molecular flexibility index (Phi) is 2.76. The van der Waals surface area contributed by atoms with Crippen molar-refractivity contribution in [3.8, 4) is 0 Å². The summed E-state index contributed by atoms with van der Waals surface area (Å²) in [5, 5.41) is 12.6. The fourth-order valence-corrected chi connectivity index (χ4v) is 2.61. The Morgan fingerprint density at radius 2 is 2.17 bits per heavy atom. The van der Waals surface area contributed by atoms with Crippen LogP contribution in [-0.2, 0) is 0 Å². The lowest BCUT2D eigenvalue weighted by Crippen LogP contribution is -2.28. The van der Waals surface area contributed by atoms with Gasteiger partial charge in [-0.3, -0.25) is 4.40 Å². The third-order valence-electron chi connectivity index (χ3n) is 3.50. The predicted molar refractivity (Wildman–Crippen MR) is 67.0 cm³/mol. The van der Waals surface area contributed by atoms with Crippen molar-refractivity contribution in [3.05, 3.63) is 35.9 Å². The van der Waals surface area contributed by atoms with Crippen LogP contribution in [0.5, 0.6) is 0 Å². The molecule has 5 heteroatoms. The molecule has 2 aromatic rings. The maximum atomic E-state index is 11.3. The van der Waals surface area contributed by atoms with Gasteiger partial charge in [0.15, 0.2) is 0 Å². The minimum atomic E-state index is -0.909. The molecule has 1 fully saturated rings. The molecule has 3 rings (SSSR count). The third kappa shape index (κ3) is 1.76. The van der Waals surface area contributed by atoms with Gasteiger partial charge in [-0.15, -0.1) is 0 Å². The summed E-state index contributed by atoms with van der Waals surface area (Å²) in [6, 6.07) is 5.28. The molecule has 94 valence electrons. The molecule has 0 bridgehead atoms. The quantitative estimate of drug-likeness (QED) is 0.841. The van der Waals surface area contributed by atoms with Crippen LogP contribution in [0.15, 0.2) is 24.4 Å². The number of aromatic nitrogens is 2. The molecule has 0 aromatic carbocycles. The van der Waals surface area contributed by atoms with Crippen LogP contribution < -0.4 is 5.32 Å². The molecule has 2 N–H and O–H groups in total. The van der Waals surface area contributed by atoms with Gasteiger partial charge in [0.1, 0.15) is 11.5 Å². The standard InChI is InChI=1S/C13H15N3O2/c17-13(18)11-3-1-2-10-8-15-12(16(10)11)9-4-6-14-7-5-9/h1-3,8-9,14H,4-7H2,(H,17,18). The summed E-state index contributed by atoms with van der Waals surface area (Å²) in [7, 11) is 0. The number of rotatable bonds is 2. The molecule has 5 nitrogen and oxygen atoms in total. The van der Waals surface area contributed by atoms with Gasteiger partial charge in [0.25, 0.3) is 0 Å². The van der Waals surface area contributed by atoms with Crippen molar-refractivity contribution in [1.82, 2.24) is 14.7 Å². The summed E-state index contributed by atoms with van der Waals surface area (Å²) >= 11 is 0. The minimum Gasteiger partial charge on any atom is -0.477 e. The Hall–Kier alpha value is -1.88. The summed E-state index contributed by atoms with van der Waals surface area (Å²) in [6.07, 6.45) is 3.77. The molecule has 0 atom stereocenters. The number of imidazole rings is 1. The second-order valence-electron chi connectivity index (χ2n) is 4.62. The Labute approximate surface area is 104 Å². The van der Waals surface area contributed by atoms with Gasteiger partial charge in [-0.2, -0.15) is 0 Å². The molecular weight excluding hydrogens is 230 g/mol. The SMILES string of the molecule is O=C(O)c1cccc2cnc(C3CCNCC3)n12. The van der Waals surface area contributed by atoms with Crippen LogP contribution in [0.3, 0.4) is 0 Å². The lowest BCUT2D eigenvalue weighted by Gasteiger charge is -2.22. The second-order valence-corrected chi connectivity index (χ2v) is 4.62. The molecule has 1 saturated heterocycles. The number of pyridine rings is 1. The first-order chi connectivity index (χ1) is 8.77. The average Bonchev–Trinajstić information content (AvgIpc) is 2.83. The van der Waals surface area contributed by atoms with Crippen LogP contribution in [0.4, 0.5) is 0 Å². The smallest absolute Gasteiger partial charge is 0.352 e. The van der Waals surface area contributed by atoms with Crippen molar-refractivity contribution in [2.75, 3.05) is 13.1 Å². The number of nitrogens with one attached hydrogen (secondary N) is 1. The normalized spacial score (nSPS) is 17.1. The van der Waals surface area contributed by atoms with E-state index in [9.17, 15) is 9.90 Å². The van der Waals surface area contributed by atoms with Crippen molar-refractivity contribution >= 4 is 11.5 Å². The molecular formula is C13H15N3O2. The maximum Gasteiger partial charge on any atom is 0.352 e. The second kappa shape index (κ2) is 4.42. The Morgan fingerprint density at radius 3 is 2.89 bits per heavy atom. The van der Waals surface area contributed by atoms with Gasteiger partial charge in [0.05, 0.1) is 11.7 Å². The van der Waals surface area contributed by atoms with Crippen molar-refractivity contribution in [2.24, 2.45) is 0 Å². The molecule has 0 unspecified atom stereocenters. The minimum absolute atomic E-state index is 0.290. The zero-order valence-corrected chi connectivity index (χ0v) is 9.97. The number of carbonyl (C=O) groups is 1. The third-order valence-corrected chi connectivity index (χ3v) is 3.50. The number of fused-ring (bicyclic) bond motifs is 1. The topological polar surface area (TPSA) is 66.6 Å². The molecule has 1 aliphatic heterocycles. The molecule has 0 saturated carbocycles. The van der Waals surface area contributed by atoms with Gasteiger partial charge < -0.3 is 10.4 Å². The van der Waals surface area contributed by atoms with E-state index in [4.69, 9.17) is 0 Å². The highest BCUT2D eigenvalue weighted by molar-refractivity contribution is 5.86. The van der Waals surface area contributed by atoms with Crippen molar-refractivity contribution in [1.29, 1.82) is 0 Å². The number of piperidine rings is 1. The van der Waals surface area contributed by atoms with Gasteiger partial charge in [0, 0.05) is 5.92 Å². The lowest BCUT2D eigenvalue weighted by molar-refractivity contribution is 0.0688. The van der Waals surface area contributed by atoms with Crippen LogP contribution >= 0.6 is 0 Å². The molecule has 0 spiro atoms. The Bertz CT molecular complexity index is 585. The van der Waals surface area contributed by atoms with E-state index < -0.39 is 5.97 Å². The van der Waals surface area contributed by atoms with Crippen LogP contribution in [0, 0.1) is 0 Å². The molecule has 3 heterocycles. The average molecular weight is 245 g/mol. The van der Waals surface area contributed by atoms with Gasteiger partial charge in [-0.1, -0.05) is 6.07 Å². The zero-order chi connectivity index (χ0) is 12.5. The summed E-state index contributed by atoms with van der Waals surface area (Å²) in [4.78, 5) is 15.7. The first kappa shape index (κ1) is 11.2. The summed E-state index contributed by atoms with van der Waals surface area (Å²) in [6.45, 7) is 1.93.